The van der Waals surface area contributed by atoms with Crippen molar-refractivity contribution in [1.29, 1.82) is 0 Å². The maximum atomic E-state index is 3.71. The molecule has 0 aliphatic rings. The molecule has 1 heteroatoms. The molecule has 0 radical (unpaired) electrons. The van der Waals surface area contributed by atoms with Gasteiger partial charge in [-0.15, -0.1) is 0 Å². The van der Waals surface area contributed by atoms with Gasteiger partial charge in [0.25, 0.3) is 0 Å². The quantitative estimate of drug-likeness (QED) is 0.808. The van der Waals surface area contributed by atoms with Crippen molar-refractivity contribution in [1.82, 2.24) is 5.32 Å². The van der Waals surface area contributed by atoms with Gasteiger partial charge in [-0.05, 0) is 23.0 Å². The third-order valence-electron chi connectivity index (χ3n) is 3.41. The predicted molar refractivity (Wildman–Crippen MR) is 86.5 cm³/mol. The maximum absolute atomic E-state index is 3.71. The first-order chi connectivity index (χ1) is 9.54. The second-order valence-electron chi connectivity index (χ2n) is 6.59. The van der Waals surface area contributed by atoms with E-state index in [2.05, 4.69) is 86.8 Å². The van der Waals surface area contributed by atoms with Crippen LogP contribution in [0.2, 0.25) is 0 Å². The fraction of sp³-hybridized carbons (Fsp3) is 0.368. The summed E-state index contributed by atoms with van der Waals surface area (Å²) in [5, 5.41) is 3.71. The normalized spacial score (nSPS) is 13.2. The molecule has 1 N–H and O–H groups in total. The van der Waals surface area contributed by atoms with Crippen LogP contribution in [0, 0.1) is 5.41 Å². The number of rotatable bonds is 5. The third kappa shape index (κ3) is 4.82. The van der Waals surface area contributed by atoms with Crippen LogP contribution in [0.25, 0.3) is 0 Å². The van der Waals surface area contributed by atoms with E-state index in [-0.39, 0.29) is 0 Å². The van der Waals surface area contributed by atoms with Crippen LogP contribution >= 0.6 is 0 Å². The van der Waals surface area contributed by atoms with Gasteiger partial charge in [0.05, 0.1) is 0 Å². The van der Waals surface area contributed by atoms with Crippen molar-refractivity contribution in [2.75, 3.05) is 0 Å². The fourth-order valence-corrected chi connectivity index (χ4v) is 2.44. The van der Waals surface area contributed by atoms with Crippen molar-refractivity contribution in [2.24, 2.45) is 5.41 Å². The molecule has 106 valence electrons. The van der Waals surface area contributed by atoms with Crippen LogP contribution < -0.4 is 5.32 Å². The minimum Gasteiger partial charge on any atom is -0.306 e. The minimum absolute atomic E-state index is 0.310. The lowest BCUT2D eigenvalue weighted by Crippen LogP contribution is -2.25. The van der Waals surface area contributed by atoms with E-state index in [1.165, 1.54) is 11.1 Å². The summed E-state index contributed by atoms with van der Waals surface area (Å²) in [5.41, 5.74) is 3.02. The molecule has 0 aromatic heterocycles. The standard InChI is InChI=1S/C19H25N/c1-19(2,3)14-18(17-12-8-5-9-13-17)20-15-16-10-6-4-7-11-16/h4-13,18,20H,14-15H2,1-3H3. The van der Waals surface area contributed by atoms with E-state index in [0.29, 0.717) is 11.5 Å². The van der Waals surface area contributed by atoms with Crippen LogP contribution in [0.3, 0.4) is 0 Å². The highest BCUT2D eigenvalue weighted by atomic mass is 14.9. The largest absolute Gasteiger partial charge is 0.306 e. The van der Waals surface area contributed by atoms with Gasteiger partial charge in [-0.3, -0.25) is 0 Å². The fourth-order valence-electron chi connectivity index (χ4n) is 2.44. The van der Waals surface area contributed by atoms with Crippen molar-refractivity contribution in [3.63, 3.8) is 0 Å². The van der Waals surface area contributed by atoms with Crippen LogP contribution in [0.15, 0.2) is 60.7 Å². The Bertz CT molecular complexity index is 496. The summed E-state index contributed by atoms with van der Waals surface area (Å²) >= 11 is 0. The minimum atomic E-state index is 0.310. The van der Waals surface area contributed by atoms with E-state index >= 15 is 0 Å². The molecule has 0 spiro atoms. The molecular weight excluding hydrogens is 242 g/mol. The van der Waals surface area contributed by atoms with Crippen LogP contribution in [0.4, 0.5) is 0 Å². The zero-order valence-electron chi connectivity index (χ0n) is 12.8. The van der Waals surface area contributed by atoms with Gasteiger partial charge in [-0.1, -0.05) is 81.4 Å². The van der Waals surface area contributed by atoms with Gasteiger partial charge in [0.1, 0.15) is 0 Å². The van der Waals surface area contributed by atoms with E-state index in [1.807, 2.05) is 0 Å². The molecule has 1 nitrogen and oxygen atoms in total. The summed E-state index contributed by atoms with van der Waals surface area (Å²) < 4.78 is 0. The summed E-state index contributed by atoms with van der Waals surface area (Å²) in [6.45, 7) is 7.81. The highest BCUT2D eigenvalue weighted by Gasteiger charge is 2.19. The van der Waals surface area contributed by atoms with Gasteiger partial charge >= 0.3 is 0 Å². The second-order valence-corrected chi connectivity index (χ2v) is 6.59. The summed E-state index contributed by atoms with van der Waals surface area (Å²) in [4.78, 5) is 0. The van der Waals surface area contributed by atoms with E-state index < -0.39 is 0 Å². The van der Waals surface area contributed by atoms with Crippen LogP contribution in [-0.2, 0) is 6.54 Å². The topological polar surface area (TPSA) is 12.0 Å². The SMILES string of the molecule is CC(C)(C)CC(NCc1ccccc1)c1ccccc1. The van der Waals surface area contributed by atoms with Crippen molar-refractivity contribution in [3.8, 4) is 0 Å². The third-order valence-corrected chi connectivity index (χ3v) is 3.41. The molecular formula is C19H25N. The van der Waals surface area contributed by atoms with Gasteiger partial charge in [0.15, 0.2) is 0 Å². The number of benzene rings is 2. The lowest BCUT2D eigenvalue weighted by atomic mass is 9.85. The molecule has 20 heavy (non-hydrogen) atoms. The van der Waals surface area contributed by atoms with Gasteiger partial charge < -0.3 is 5.32 Å². The molecule has 0 fully saturated rings. The zero-order valence-corrected chi connectivity index (χ0v) is 12.8. The van der Waals surface area contributed by atoms with E-state index in [4.69, 9.17) is 0 Å². The molecule has 1 atom stereocenters. The van der Waals surface area contributed by atoms with Gasteiger partial charge in [0.2, 0.25) is 0 Å². The summed E-state index contributed by atoms with van der Waals surface area (Å²) in [7, 11) is 0. The summed E-state index contributed by atoms with van der Waals surface area (Å²) in [6.07, 6.45) is 1.13. The monoisotopic (exact) mass is 267 g/mol. The first-order valence-corrected chi connectivity index (χ1v) is 7.37. The smallest absolute Gasteiger partial charge is 0.0328 e. The first kappa shape index (κ1) is 14.8. The molecule has 1 unspecified atom stereocenters. The zero-order chi connectivity index (χ0) is 14.4. The summed E-state index contributed by atoms with van der Waals surface area (Å²) in [5.74, 6) is 0. The van der Waals surface area contributed by atoms with Crippen molar-refractivity contribution >= 4 is 0 Å². The van der Waals surface area contributed by atoms with E-state index in [1.54, 1.807) is 0 Å². The number of nitrogens with one attached hydrogen (secondary N) is 1. The lowest BCUT2D eigenvalue weighted by molar-refractivity contribution is 0.310. The molecule has 0 saturated heterocycles. The Morgan fingerprint density at radius 3 is 1.95 bits per heavy atom. The molecule has 0 aliphatic carbocycles. The van der Waals surface area contributed by atoms with Crippen LogP contribution in [0.1, 0.15) is 44.4 Å². The molecule has 2 aromatic carbocycles. The van der Waals surface area contributed by atoms with Crippen molar-refractivity contribution < 1.29 is 0 Å². The van der Waals surface area contributed by atoms with Crippen LogP contribution in [0.5, 0.6) is 0 Å². The molecule has 2 aromatic rings. The number of hydrogen-bond acceptors (Lipinski definition) is 1. The van der Waals surface area contributed by atoms with Gasteiger partial charge in [-0.2, -0.15) is 0 Å². The Morgan fingerprint density at radius 2 is 1.40 bits per heavy atom. The van der Waals surface area contributed by atoms with E-state index in [0.717, 1.165) is 13.0 Å². The highest BCUT2D eigenvalue weighted by Crippen LogP contribution is 2.29. The Morgan fingerprint density at radius 1 is 0.850 bits per heavy atom. The van der Waals surface area contributed by atoms with Crippen LogP contribution in [-0.4, -0.2) is 0 Å². The molecule has 0 bridgehead atoms. The Kier molecular flexibility index (Phi) is 4.97. The average molecular weight is 267 g/mol. The molecule has 2 rings (SSSR count). The van der Waals surface area contributed by atoms with Crippen molar-refractivity contribution in [3.05, 3.63) is 71.8 Å². The highest BCUT2D eigenvalue weighted by molar-refractivity contribution is 5.20. The first-order valence-electron chi connectivity index (χ1n) is 7.37. The van der Waals surface area contributed by atoms with E-state index in [9.17, 15) is 0 Å². The second kappa shape index (κ2) is 6.71. The van der Waals surface area contributed by atoms with Crippen molar-refractivity contribution in [2.45, 2.75) is 39.8 Å². The Hall–Kier alpha value is -1.60. The average Bonchev–Trinajstić information content (AvgIpc) is 2.44. The molecule has 0 aliphatic heterocycles. The summed E-state index contributed by atoms with van der Waals surface area (Å²) in [6, 6.07) is 21.8. The molecule has 0 amide bonds. The Labute approximate surface area is 123 Å². The number of hydrogen-bond donors (Lipinski definition) is 1. The molecule has 0 heterocycles. The lowest BCUT2D eigenvalue weighted by Gasteiger charge is -2.27. The van der Waals surface area contributed by atoms with Gasteiger partial charge in [0, 0.05) is 12.6 Å². The van der Waals surface area contributed by atoms with Gasteiger partial charge in [-0.25, -0.2) is 0 Å². The maximum Gasteiger partial charge on any atom is 0.0328 e. The molecule has 0 saturated carbocycles. The Balaban J connectivity index is 2.07. The predicted octanol–water partition coefficient (Wildman–Crippen LogP) is 4.95.